The van der Waals surface area contributed by atoms with Gasteiger partial charge in [0.25, 0.3) is 5.91 Å². The first kappa shape index (κ1) is 30.8. The number of halogens is 5. The smallest absolute Gasteiger partial charge is 0.433 e. The summed E-state index contributed by atoms with van der Waals surface area (Å²) in [5.41, 5.74) is -2.82. The van der Waals surface area contributed by atoms with Crippen LogP contribution >= 0.6 is 23.2 Å². The first-order chi connectivity index (χ1) is 19.8. The minimum Gasteiger partial charge on any atom is -0.481 e. The van der Waals surface area contributed by atoms with Gasteiger partial charge in [0.2, 0.25) is 0 Å². The average molecular weight is 630 g/mol. The van der Waals surface area contributed by atoms with E-state index in [0.29, 0.717) is 6.42 Å². The predicted molar refractivity (Wildman–Crippen MR) is 149 cm³/mol. The Morgan fingerprint density at radius 1 is 0.976 bits per heavy atom. The molecule has 0 spiro atoms. The molecule has 8 nitrogen and oxygen atoms in total. The van der Waals surface area contributed by atoms with Crippen molar-refractivity contribution in [3.8, 4) is 0 Å². The van der Waals surface area contributed by atoms with Gasteiger partial charge in [-0.2, -0.15) is 18.3 Å². The molecule has 2 unspecified atom stereocenters. The van der Waals surface area contributed by atoms with Crippen molar-refractivity contribution < 1.29 is 32.7 Å². The zero-order chi connectivity index (χ0) is 30.4. The highest BCUT2D eigenvalue weighted by Gasteiger charge is 2.48. The number of carbonyl (C=O) groups excluding carboxylic acids is 2. The van der Waals surface area contributed by atoms with Crippen LogP contribution in [-0.2, 0) is 11.0 Å². The summed E-state index contributed by atoms with van der Waals surface area (Å²) in [6.07, 6.45) is 4.63. The topological polar surface area (TPSA) is 105 Å². The van der Waals surface area contributed by atoms with E-state index in [1.54, 1.807) is 6.92 Å². The lowest BCUT2D eigenvalue weighted by Crippen LogP contribution is -2.41. The first-order valence-electron chi connectivity index (χ1n) is 14.3. The van der Waals surface area contributed by atoms with Gasteiger partial charge >= 0.3 is 12.1 Å². The van der Waals surface area contributed by atoms with Gasteiger partial charge in [-0.1, -0.05) is 55.3 Å². The fourth-order valence-electron chi connectivity index (χ4n) is 7.03. The van der Waals surface area contributed by atoms with Crippen LogP contribution in [0.25, 0.3) is 0 Å². The molecule has 1 N–H and O–H groups in total. The van der Waals surface area contributed by atoms with E-state index >= 15 is 0 Å². The molecule has 1 aliphatic heterocycles. The zero-order valence-corrected chi connectivity index (χ0v) is 24.7. The second-order valence-electron chi connectivity index (χ2n) is 12.2. The second-order valence-corrected chi connectivity index (χ2v) is 13.0. The molecule has 3 heterocycles. The number of likely N-dealkylation sites (tertiary alicyclic amines) is 1. The summed E-state index contributed by atoms with van der Waals surface area (Å²) in [5, 5.41) is 13.6. The van der Waals surface area contributed by atoms with Crippen molar-refractivity contribution in [1.82, 2.24) is 19.7 Å². The predicted octanol–water partition coefficient (Wildman–Crippen LogP) is 7.10. The van der Waals surface area contributed by atoms with Crippen LogP contribution < -0.4 is 0 Å². The van der Waals surface area contributed by atoms with Crippen LogP contribution in [0.15, 0.2) is 18.6 Å². The summed E-state index contributed by atoms with van der Waals surface area (Å²) in [6, 6.07) is -1.76. The van der Waals surface area contributed by atoms with Gasteiger partial charge in [-0.05, 0) is 50.9 Å². The van der Waals surface area contributed by atoms with E-state index in [-0.39, 0.29) is 59.7 Å². The number of hydrogen-bond acceptors (Lipinski definition) is 5. The molecule has 1 saturated heterocycles. The Hall–Kier alpha value is -2.66. The third-order valence-electron chi connectivity index (χ3n) is 9.53. The van der Waals surface area contributed by atoms with E-state index in [9.17, 15) is 32.7 Å². The second kappa shape index (κ2) is 11.8. The number of Topliss-reactive ketones (excluding diaryl/α,β-unsaturated/α-hetero) is 1. The molecule has 0 radical (unpaired) electrons. The molecule has 1 amide bonds. The highest BCUT2D eigenvalue weighted by atomic mass is 35.5. The SMILES string of the molecule is CC1(C(=O)O)CCC(n2ncc(C(=O)N3CC(C4CCCCC4)CC3C(=O)c3c(Cl)cncc3Cl)c2C(F)(F)F)CC1. The van der Waals surface area contributed by atoms with Crippen LogP contribution in [0, 0.1) is 17.3 Å². The number of carboxylic acid groups (broad SMARTS) is 1. The molecule has 2 aromatic heterocycles. The number of alkyl halides is 3. The number of ketones is 1. The van der Waals surface area contributed by atoms with Gasteiger partial charge in [-0.15, -0.1) is 0 Å². The summed E-state index contributed by atoms with van der Waals surface area (Å²) >= 11 is 12.6. The van der Waals surface area contributed by atoms with Crippen molar-refractivity contribution in [1.29, 1.82) is 0 Å². The van der Waals surface area contributed by atoms with Crippen LogP contribution in [0.4, 0.5) is 13.2 Å². The molecule has 13 heteroatoms. The third-order valence-corrected chi connectivity index (χ3v) is 10.1. The van der Waals surface area contributed by atoms with Crippen molar-refractivity contribution in [3.05, 3.63) is 45.5 Å². The van der Waals surface area contributed by atoms with Crippen molar-refractivity contribution in [3.63, 3.8) is 0 Å². The summed E-state index contributed by atoms with van der Waals surface area (Å²) in [5.74, 6) is -2.23. The quantitative estimate of drug-likeness (QED) is 0.342. The Labute approximate surface area is 251 Å². The largest absolute Gasteiger partial charge is 0.481 e. The van der Waals surface area contributed by atoms with Crippen molar-refractivity contribution in [2.24, 2.45) is 17.3 Å². The minimum atomic E-state index is -4.91. The van der Waals surface area contributed by atoms with Crippen LogP contribution in [0.1, 0.15) is 104 Å². The summed E-state index contributed by atoms with van der Waals surface area (Å²) in [6.45, 7) is 1.73. The monoisotopic (exact) mass is 628 g/mol. The number of carbonyl (C=O) groups is 3. The van der Waals surface area contributed by atoms with E-state index in [1.807, 2.05) is 0 Å². The number of nitrogens with zero attached hydrogens (tertiary/aromatic N) is 4. The van der Waals surface area contributed by atoms with Gasteiger partial charge in [0, 0.05) is 18.9 Å². The number of pyridine rings is 1. The molecular weight excluding hydrogens is 596 g/mol. The standard InChI is InChI=1S/C29H33Cl2F3N4O4/c1-28(27(41)42)9-7-18(8-10-28)38-25(29(32,33)34)19(12-36-38)26(40)37-15-17(16-5-3-2-4-6-16)11-22(37)24(39)23-20(30)13-35-14-21(23)31/h12-14,16-18,22H,2-11,15H2,1H3,(H,41,42). The normalized spacial score (nSPS) is 27.3. The molecule has 2 atom stereocenters. The van der Waals surface area contributed by atoms with Crippen molar-refractivity contribution in [2.45, 2.75) is 89.4 Å². The maximum atomic E-state index is 14.6. The minimum absolute atomic E-state index is 0.00384. The lowest BCUT2D eigenvalue weighted by Gasteiger charge is -2.34. The molecule has 2 aromatic rings. The van der Waals surface area contributed by atoms with Crippen LogP contribution in [0.5, 0.6) is 0 Å². The van der Waals surface area contributed by atoms with Gasteiger partial charge < -0.3 is 10.0 Å². The Kier molecular flexibility index (Phi) is 8.64. The lowest BCUT2D eigenvalue weighted by atomic mass is 9.74. The van der Waals surface area contributed by atoms with Gasteiger partial charge in [0.1, 0.15) is 0 Å². The lowest BCUT2D eigenvalue weighted by molar-refractivity contribution is -0.152. The Bertz CT molecular complexity index is 1350. The van der Waals surface area contributed by atoms with Crippen molar-refractivity contribution >= 4 is 40.9 Å². The third kappa shape index (κ3) is 5.78. The molecule has 5 rings (SSSR count). The van der Waals surface area contributed by atoms with E-state index < -0.39 is 52.6 Å². The maximum absolute atomic E-state index is 14.6. The molecule has 0 bridgehead atoms. The number of amides is 1. The highest BCUT2D eigenvalue weighted by Crippen LogP contribution is 2.45. The van der Waals surface area contributed by atoms with Gasteiger partial charge in [-0.25, -0.2) is 0 Å². The van der Waals surface area contributed by atoms with Crippen LogP contribution in [0.3, 0.4) is 0 Å². The van der Waals surface area contributed by atoms with Crippen LogP contribution in [0.2, 0.25) is 10.0 Å². The fourth-order valence-corrected chi connectivity index (χ4v) is 7.58. The van der Waals surface area contributed by atoms with E-state index in [2.05, 4.69) is 10.1 Å². The van der Waals surface area contributed by atoms with E-state index in [1.165, 1.54) is 17.3 Å². The molecule has 3 fully saturated rings. The van der Waals surface area contributed by atoms with E-state index in [4.69, 9.17) is 23.2 Å². The number of aromatic nitrogens is 3. The van der Waals surface area contributed by atoms with Crippen LogP contribution in [-0.4, -0.2) is 55.0 Å². The first-order valence-corrected chi connectivity index (χ1v) is 15.1. The Morgan fingerprint density at radius 3 is 2.17 bits per heavy atom. The molecule has 2 aliphatic carbocycles. The maximum Gasteiger partial charge on any atom is 0.433 e. The molecule has 2 saturated carbocycles. The number of carboxylic acids is 1. The van der Waals surface area contributed by atoms with Crippen molar-refractivity contribution in [2.75, 3.05) is 6.54 Å². The molecule has 0 aromatic carbocycles. The van der Waals surface area contributed by atoms with Gasteiger partial charge in [0.05, 0.1) is 44.9 Å². The molecule has 42 heavy (non-hydrogen) atoms. The Balaban J connectivity index is 1.49. The summed E-state index contributed by atoms with van der Waals surface area (Å²) in [4.78, 5) is 44.6. The molecule has 228 valence electrons. The average Bonchev–Trinajstić information content (AvgIpc) is 3.59. The van der Waals surface area contributed by atoms with Gasteiger partial charge in [-0.3, -0.25) is 24.0 Å². The summed E-state index contributed by atoms with van der Waals surface area (Å²) < 4.78 is 44.6. The van der Waals surface area contributed by atoms with E-state index in [0.717, 1.165) is 43.0 Å². The Morgan fingerprint density at radius 2 is 1.60 bits per heavy atom. The number of aliphatic carboxylic acids is 1. The fraction of sp³-hybridized carbons (Fsp3) is 0.621. The zero-order valence-electron chi connectivity index (χ0n) is 23.2. The summed E-state index contributed by atoms with van der Waals surface area (Å²) in [7, 11) is 0. The number of hydrogen-bond donors (Lipinski definition) is 1. The molecular formula is C29H33Cl2F3N4O4. The number of rotatable bonds is 6. The highest BCUT2D eigenvalue weighted by molar-refractivity contribution is 6.40. The molecule has 3 aliphatic rings. The van der Waals surface area contributed by atoms with Gasteiger partial charge in [0.15, 0.2) is 11.5 Å².